The molecule has 0 aliphatic rings. The Morgan fingerprint density at radius 2 is 2.08 bits per heavy atom. The molecule has 0 bridgehead atoms. The van der Waals surface area contributed by atoms with E-state index in [1.807, 2.05) is 19.9 Å². The van der Waals surface area contributed by atoms with Crippen molar-refractivity contribution in [3.05, 3.63) is 22.9 Å². The van der Waals surface area contributed by atoms with Crippen LogP contribution in [-0.2, 0) is 0 Å². The average molecular weight is 177 g/mol. The maximum absolute atomic E-state index is 5.96. The van der Waals surface area contributed by atoms with Crippen molar-refractivity contribution >= 4 is 0 Å². The molecule has 0 radical (unpaired) electrons. The quantitative estimate of drug-likeness (QED) is 0.520. The second-order valence-corrected chi connectivity index (χ2v) is 3.29. The van der Waals surface area contributed by atoms with Gasteiger partial charge in [0.2, 0.25) is 0 Å². The Morgan fingerprint density at radius 1 is 1.54 bits per heavy atom. The maximum atomic E-state index is 5.96. The number of nitrogens with two attached hydrogens (primary N) is 1. The lowest BCUT2D eigenvalue weighted by atomic mass is 9.96. The van der Waals surface area contributed by atoms with Crippen molar-refractivity contribution < 1.29 is 0 Å². The molecule has 0 saturated carbocycles. The van der Waals surface area contributed by atoms with Crippen molar-refractivity contribution in [1.29, 1.82) is 0 Å². The Hall–Kier alpha value is -1.16. The predicted octanol–water partition coefficient (Wildman–Crippen LogP) is 2.84. The summed E-state index contributed by atoms with van der Waals surface area (Å²) in [6, 6.07) is 0. The zero-order valence-electron chi connectivity index (χ0n) is 9.02. The molecule has 0 unspecified atom stereocenters. The molecule has 13 heavy (non-hydrogen) atoms. The van der Waals surface area contributed by atoms with E-state index in [9.17, 15) is 0 Å². The van der Waals surface area contributed by atoms with Crippen molar-refractivity contribution in [2.45, 2.75) is 34.1 Å². The maximum Gasteiger partial charge on any atom is 0.0463 e. The van der Waals surface area contributed by atoms with Gasteiger partial charge < -0.3 is 5.73 Å². The molecule has 2 N–H and O–H groups in total. The average Bonchev–Trinajstić information content (AvgIpc) is 2.07. The molecular formula is C12H19N. The normalized spacial score (nSPS) is 14.0. The van der Waals surface area contributed by atoms with Gasteiger partial charge in [-0.2, -0.15) is 0 Å². The molecule has 0 aromatic heterocycles. The summed E-state index contributed by atoms with van der Waals surface area (Å²) in [7, 11) is 0. The summed E-state index contributed by atoms with van der Waals surface area (Å²) < 4.78 is 0. The summed E-state index contributed by atoms with van der Waals surface area (Å²) >= 11 is 0. The van der Waals surface area contributed by atoms with Gasteiger partial charge in [0.25, 0.3) is 0 Å². The van der Waals surface area contributed by atoms with E-state index in [4.69, 9.17) is 12.2 Å². The second kappa shape index (κ2) is 5.48. The molecule has 72 valence electrons. The van der Waals surface area contributed by atoms with Crippen molar-refractivity contribution in [2.75, 3.05) is 0 Å². The fourth-order valence-corrected chi connectivity index (χ4v) is 1.34. The second-order valence-electron chi connectivity index (χ2n) is 3.29. The van der Waals surface area contributed by atoms with E-state index >= 15 is 0 Å². The summed E-state index contributed by atoms with van der Waals surface area (Å²) in [6.45, 7) is 8.25. The lowest BCUT2D eigenvalue weighted by Gasteiger charge is -2.13. The SMILES string of the molecule is C#C/C(CC)=C(N)/C(=C\C)C(C)C. The van der Waals surface area contributed by atoms with Gasteiger partial charge in [0.15, 0.2) is 0 Å². The molecule has 0 spiro atoms. The van der Waals surface area contributed by atoms with Gasteiger partial charge in [0.1, 0.15) is 0 Å². The van der Waals surface area contributed by atoms with E-state index in [-0.39, 0.29) is 0 Å². The van der Waals surface area contributed by atoms with Crippen molar-refractivity contribution in [3.63, 3.8) is 0 Å². The fraction of sp³-hybridized carbons (Fsp3) is 0.500. The summed E-state index contributed by atoms with van der Waals surface area (Å²) in [6.07, 6.45) is 8.22. The van der Waals surface area contributed by atoms with Crippen LogP contribution in [0.5, 0.6) is 0 Å². The number of hydrogen-bond acceptors (Lipinski definition) is 1. The van der Waals surface area contributed by atoms with Gasteiger partial charge in [0, 0.05) is 11.3 Å². The summed E-state index contributed by atoms with van der Waals surface area (Å²) in [4.78, 5) is 0. The van der Waals surface area contributed by atoms with E-state index < -0.39 is 0 Å². The third kappa shape index (κ3) is 2.99. The van der Waals surface area contributed by atoms with Crippen molar-refractivity contribution in [1.82, 2.24) is 0 Å². The van der Waals surface area contributed by atoms with Gasteiger partial charge in [-0.25, -0.2) is 0 Å². The van der Waals surface area contributed by atoms with Crippen LogP contribution in [0.15, 0.2) is 22.9 Å². The summed E-state index contributed by atoms with van der Waals surface area (Å²) in [5.41, 5.74) is 8.80. The number of terminal acetylenes is 1. The smallest absolute Gasteiger partial charge is 0.0463 e. The Kier molecular flexibility index (Phi) is 4.99. The minimum absolute atomic E-state index is 0.430. The zero-order valence-corrected chi connectivity index (χ0v) is 9.02. The Balaban J connectivity index is 5.06. The van der Waals surface area contributed by atoms with Gasteiger partial charge in [-0.05, 0) is 24.8 Å². The lowest BCUT2D eigenvalue weighted by molar-refractivity contribution is 0.768. The predicted molar refractivity (Wildman–Crippen MR) is 58.9 cm³/mol. The van der Waals surface area contributed by atoms with Crippen LogP contribution in [0.1, 0.15) is 34.1 Å². The van der Waals surface area contributed by atoms with Crippen LogP contribution >= 0.6 is 0 Å². The van der Waals surface area contributed by atoms with Crippen LogP contribution < -0.4 is 5.73 Å². The van der Waals surface area contributed by atoms with Crippen LogP contribution in [-0.4, -0.2) is 0 Å². The highest BCUT2D eigenvalue weighted by molar-refractivity contribution is 5.41. The molecule has 1 heteroatoms. The molecule has 0 amide bonds. The summed E-state index contributed by atoms with van der Waals surface area (Å²) in [5, 5.41) is 0. The molecule has 0 aliphatic carbocycles. The largest absolute Gasteiger partial charge is 0.398 e. The molecule has 0 heterocycles. The highest BCUT2D eigenvalue weighted by Gasteiger charge is 2.08. The number of rotatable bonds is 3. The first-order valence-electron chi connectivity index (χ1n) is 4.70. The van der Waals surface area contributed by atoms with Gasteiger partial charge in [-0.15, -0.1) is 6.42 Å². The van der Waals surface area contributed by atoms with Crippen molar-refractivity contribution in [3.8, 4) is 12.3 Å². The van der Waals surface area contributed by atoms with Gasteiger partial charge in [-0.3, -0.25) is 0 Å². The molecule has 0 atom stereocenters. The van der Waals surface area contributed by atoms with E-state index in [0.29, 0.717) is 5.92 Å². The van der Waals surface area contributed by atoms with Crippen molar-refractivity contribution in [2.24, 2.45) is 11.7 Å². The Bertz CT molecular complexity index is 261. The number of allylic oxidation sites excluding steroid dienone is 3. The highest BCUT2D eigenvalue weighted by Crippen LogP contribution is 2.19. The molecule has 0 aliphatic heterocycles. The molecule has 0 saturated heterocycles. The first kappa shape index (κ1) is 11.8. The van der Waals surface area contributed by atoms with E-state index in [0.717, 1.165) is 23.3 Å². The standard InChI is InChI=1S/C12H19N/c1-6-10(7-2)12(13)11(8-3)9(4)5/h1,8-9H,7,13H2,2-5H3/b11-8-,12-10+. The minimum Gasteiger partial charge on any atom is -0.398 e. The molecular weight excluding hydrogens is 158 g/mol. The van der Waals surface area contributed by atoms with E-state index in [2.05, 4.69) is 19.8 Å². The van der Waals surface area contributed by atoms with Gasteiger partial charge in [-0.1, -0.05) is 32.8 Å². The fourth-order valence-electron chi connectivity index (χ4n) is 1.34. The highest BCUT2D eigenvalue weighted by atomic mass is 14.6. The lowest BCUT2D eigenvalue weighted by Crippen LogP contribution is -2.09. The molecule has 0 fully saturated rings. The first-order valence-corrected chi connectivity index (χ1v) is 4.70. The molecule has 0 aromatic rings. The Labute approximate surface area is 81.7 Å². The topological polar surface area (TPSA) is 26.0 Å². The monoisotopic (exact) mass is 177 g/mol. The number of hydrogen-bond donors (Lipinski definition) is 1. The third-order valence-electron chi connectivity index (χ3n) is 2.10. The molecule has 1 nitrogen and oxygen atoms in total. The zero-order chi connectivity index (χ0) is 10.4. The van der Waals surface area contributed by atoms with E-state index in [1.54, 1.807) is 0 Å². The summed E-state index contributed by atoms with van der Waals surface area (Å²) in [5.74, 6) is 3.07. The van der Waals surface area contributed by atoms with Crippen LogP contribution in [0.3, 0.4) is 0 Å². The first-order chi connectivity index (χ1) is 6.08. The molecule has 0 rings (SSSR count). The van der Waals surface area contributed by atoms with Gasteiger partial charge in [0.05, 0.1) is 0 Å². The van der Waals surface area contributed by atoms with E-state index in [1.165, 1.54) is 0 Å². The van der Waals surface area contributed by atoms with Gasteiger partial charge >= 0.3 is 0 Å². The van der Waals surface area contributed by atoms with Crippen LogP contribution in [0, 0.1) is 18.3 Å². The Morgan fingerprint density at radius 3 is 2.31 bits per heavy atom. The molecule has 0 aromatic carbocycles. The third-order valence-corrected chi connectivity index (χ3v) is 2.10. The van der Waals surface area contributed by atoms with Crippen LogP contribution in [0.25, 0.3) is 0 Å². The van der Waals surface area contributed by atoms with Crippen LogP contribution in [0.2, 0.25) is 0 Å². The minimum atomic E-state index is 0.430. The van der Waals surface area contributed by atoms with Crippen LogP contribution in [0.4, 0.5) is 0 Å².